The van der Waals surface area contributed by atoms with Crippen molar-refractivity contribution in [1.82, 2.24) is 14.4 Å². The van der Waals surface area contributed by atoms with E-state index in [1.807, 2.05) is 24.3 Å². The van der Waals surface area contributed by atoms with Crippen molar-refractivity contribution in [2.45, 2.75) is 19.3 Å². The van der Waals surface area contributed by atoms with Crippen LogP contribution in [0.25, 0.3) is 71.6 Å². The van der Waals surface area contributed by atoms with Gasteiger partial charge in [-0.05, 0) is 63.7 Å². The van der Waals surface area contributed by atoms with Crippen LogP contribution in [-0.2, 0) is 5.41 Å². The van der Waals surface area contributed by atoms with Gasteiger partial charge in [0, 0.05) is 21.6 Å². The molecule has 0 aliphatic heterocycles. The molecular formula is C35H23N3. The van der Waals surface area contributed by atoms with Gasteiger partial charge in [0.25, 0.3) is 0 Å². The molecule has 0 radical (unpaired) electrons. The van der Waals surface area contributed by atoms with Crippen LogP contribution in [0.3, 0.4) is 0 Å². The lowest BCUT2D eigenvalue weighted by Crippen LogP contribution is -2.14. The lowest BCUT2D eigenvalue weighted by atomic mass is 9.82. The first-order chi connectivity index (χ1) is 18.6. The molecule has 0 spiro atoms. The first-order valence-corrected chi connectivity index (χ1v) is 13.2. The molecule has 3 aromatic heterocycles. The van der Waals surface area contributed by atoms with E-state index in [-0.39, 0.29) is 5.41 Å². The van der Waals surface area contributed by atoms with Crippen molar-refractivity contribution in [3.63, 3.8) is 0 Å². The van der Waals surface area contributed by atoms with E-state index in [1.54, 1.807) is 0 Å². The van der Waals surface area contributed by atoms with Gasteiger partial charge in [0.1, 0.15) is 5.52 Å². The molecule has 0 saturated heterocycles. The predicted octanol–water partition coefficient (Wildman–Crippen LogP) is 8.75. The Morgan fingerprint density at radius 2 is 1.29 bits per heavy atom. The van der Waals surface area contributed by atoms with Crippen LogP contribution in [0.2, 0.25) is 0 Å². The Kier molecular flexibility index (Phi) is 3.61. The minimum absolute atomic E-state index is 0.0217. The van der Waals surface area contributed by atoms with Gasteiger partial charge in [-0.1, -0.05) is 86.6 Å². The van der Waals surface area contributed by atoms with Crippen molar-refractivity contribution in [1.29, 1.82) is 0 Å². The summed E-state index contributed by atoms with van der Waals surface area (Å²) >= 11 is 0. The fourth-order valence-corrected chi connectivity index (χ4v) is 6.89. The SMILES string of the molecule is CC1(C)c2ccccc2-c2cc(-c3ccc4c(c3)c3cccc5c6nc7ccccc7nc6n4c35)ccc21. The van der Waals surface area contributed by atoms with Crippen LogP contribution in [0.5, 0.6) is 0 Å². The molecule has 0 fully saturated rings. The maximum atomic E-state index is 5.07. The van der Waals surface area contributed by atoms with E-state index in [2.05, 4.69) is 97.1 Å². The highest BCUT2D eigenvalue weighted by atomic mass is 15.0. The van der Waals surface area contributed by atoms with Crippen molar-refractivity contribution in [3.05, 3.63) is 114 Å². The van der Waals surface area contributed by atoms with Crippen LogP contribution in [0.4, 0.5) is 0 Å². The third-order valence-electron chi connectivity index (χ3n) is 8.72. The zero-order chi connectivity index (χ0) is 25.2. The zero-order valence-corrected chi connectivity index (χ0v) is 21.2. The van der Waals surface area contributed by atoms with Gasteiger partial charge < -0.3 is 0 Å². The van der Waals surface area contributed by atoms with E-state index >= 15 is 0 Å². The van der Waals surface area contributed by atoms with Crippen molar-refractivity contribution in [2.24, 2.45) is 0 Å². The Balaban J connectivity index is 1.31. The topological polar surface area (TPSA) is 30.2 Å². The highest BCUT2D eigenvalue weighted by Gasteiger charge is 2.35. The molecule has 0 bridgehead atoms. The largest absolute Gasteiger partial charge is 0.291 e. The first-order valence-electron chi connectivity index (χ1n) is 13.2. The quantitative estimate of drug-likeness (QED) is 0.233. The first kappa shape index (κ1) is 20.3. The Morgan fingerprint density at radius 3 is 2.18 bits per heavy atom. The molecule has 3 nitrogen and oxygen atoms in total. The van der Waals surface area contributed by atoms with Gasteiger partial charge >= 0.3 is 0 Å². The summed E-state index contributed by atoms with van der Waals surface area (Å²) in [6.07, 6.45) is 0. The van der Waals surface area contributed by atoms with Gasteiger partial charge in [-0.2, -0.15) is 0 Å². The molecule has 1 aliphatic rings. The summed E-state index contributed by atoms with van der Waals surface area (Å²) < 4.78 is 2.31. The standard InChI is InChI=1S/C35H23N3/c1-35(2)27-11-4-3-8-22(27)25-18-20(14-16-28(25)35)21-15-17-31-26(19-21)23-9-7-10-24-32-34(38(31)33(23)24)37-30-13-6-5-12-29(30)36-32/h3-19H,1-2H3. The molecule has 178 valence electrons. The molecule has 5 aromatic carbocycles. The second-order valence-electron chi connectivity index (χ2n) is 11.1. The van der Waals surface area contributed by atoms with Gasteiger partial charge in [0.15, 0.2) is 5.65 Å². The van der Waals surface area contributed by atoms with Gasteiger partial charge in [-0.25, -0.2) is 9.97 Å². The van der Waals surface area contributed by atoms with E-state index in [4.69, 9.17) is 9.97 Å². The molecule has 0 amide bonds. The van der Waals surface area contributed by atoms with Crippen LogP contribution in [0, 0.1) is 0 Å². The van der Waals surface area contributed by atoms with Crippen LogP contribution >= 0.6 is 0 Å². The molecule has 0 unspecified atom stereocenters. The number of benzene rings is 5. The number of nitrogens with zero attached hydrogens (tertiary/aromatic N) is 3. The molecule has 3 heteroatoms. The zero-order valence-electron chi connectivity index (χ0n) is 21.2. The predicted molar refractivity (Wildman–Crippen MR) is 157 cm³/mol. The lowest BCUT2D eigenvalue weighted by molar-refractivity contribution is 0.660. The summed E-state index contributed by atoms with van der Waals surface area (Å²) in [6, 6.07) is 37.4. The molecule has 3 heterocycles. The Hall–Kier alpha value is -4.76. The van der Waals surface area contributed by atoms with Crippen molar-refractivity contribution < 1.29 is 0 Å². The van der Waals surface area contributed by atoms with Gasteiger partial charge in [-0.15, -0.1) is 0 Å². The van der Waals surface area contributed by atoms with Crippen molar-refractivity contribution >= 4 is 49.4 Å². The van der Waals surface area contributed by atoms with E-state index < -0.39 is 0 Å². The Labute approximate surface area is 219 Å². The molecule has 8 aromatic rings. The maximum Gasteiger partial charge on any atom is 0.165 e. The molecule has 1 aliphatic carbocycles. The number of hydrogen-bond acceptors (Lipinski definition) is 2. The van der Waals surface area contributed by atoms with Gasteiger partial charge in [0.05, 0.1) is 22.1 Å². The summed E-state index contributed by atoms with van der Waals surface area (Å²) in [5.74, 6) is 0. The van der Waals surface area contributed by atoms with E-state index in [9.17, 15) is 0 Å². The fraction of sp³-hybridized carbons (Fsp3) is 0.0857. The summed E-state index contributed by atoms with van der Waals surface area (Å²) in [5.41, 5.74) is 14.1. The minimum Gasteiger partial charge on any atom is -0.291 e. The molecule has 9 rings (SSSR count). The van der Waals surface area contributed by atoms with Gasteiger partial charge in [-0.3, -0.25) is 4.40 Å². The van der Waals surface area contributed by atoms with E-state index in [1.165, 1.54) is 55.2 Å². The summed E-state index contributed by atoms with van der Waals surface area (Å²) in [6.45, 7) is 4.66. The number of rotatable bonds is 1. The highest BCUT2D eigenvalue weighted by molar-refractivity contribution is 6.22. The van der Waals surface area contributed by atoms with Crippen molar-refractivity contribution in [2.75, 3.05) is 0 Å². The minimum atomic E-state index is 0.0217. The van der Waals surface area contributed by atoms with E-state index in [0.717, 1.165) is 27.6 Å². The Bertz CT molecular complexity index is 2270. The lowest BCUT2D eigenvalue weighted by Gasteiger charge is -2.21. The van der Waals surface area contributed by atoms with Crippen LogP contribution in [-0.4, -0.2) is 14.4 Å². The maximum absolute atomic E-state index is 5.07. The van der Waals surface area contributed by atoms with Crippen LogP contribution < -0.4 is 0 Å². The second kappa shape index (κ2) is 6.76. The number of aromatic nitrogens is 3. The number of para-hydroxylation sites is 3. The van der Waals surface area contributed by atoms with Crippen LogP contribution in [0.1, 0.15) is 25.0 Å². The molecule has 0 N–H and O–H groups in total. The molecule has 0 atom stereocenters. The normalized spacial score (nSPS) is 14.3. The Morgan fingerprint density at radius 1 is 0.579 bits per heavy atom. The molecular weight excluding hydrogens is 462 g/mol. The average Bonchev–Trinajstić information content (AvgIpc) is 3.54. The summed E-state index contributed by atoms with van der Waals surface area (Å²) in [7, 11) is 0. The average molecular weight is 486 g/mol. The third kappa shape index (κ3) is 2.39. The second-order valence-corrected chi connectivity index (χ2v) is 11.1. The molecule has 0 saturated carbocycles. The molecule has 38 heavy (non-hydrogen) atoms. The number of fused-ring (bicyclic) bond motifs is 10. The van der Waals surface area contributed by atoms with Gasteiger partial charge in [0.2, 0.25) is 0 Å². The highest BCUT2D eigenvalue weighted by Crippen LogP contribution is 2.49. The number of hydrogen-bond donors (Lipinski definition) is 0. The monoisotopic (exact) mass is 485 g/mol. The smallest absolute Gasteiger partial charge is 0.165 e. The third-order valence-corrected chi connectivity index (χ3v) is 8.72. The van der Waals surface area contributed by atoms with Crippen molar-refractivity contribution in [3.8, 4) is 22.3 Å². The summed E-state index contributed by atoms with van der Waals surface area (Å²) in [5, 5.41) is 3.65. The van der Waals surface area contributed by atoms with E-state index in [0.29, 0.717) is 0 Å². The van der Waals surface area contributed by atoms with Crippen LogP contribution in [0.15, 0.2) is 103 Å². The summed E-state index contributed by atoms with van der Waals surface area (Å²) in [4.78, 5) is 10.1. The fourth-order valence-electron chi connectivity index (χ4n) is 6.89.